The van der Waals surface area contributed by atoms with Gasteiger partial charge in [-0.25, -0.2) is 4.79 Å². The number of fused-ring (bicyclic) bond motifs is 1. The first-order chi connectivity index (χ1) is 13.9. The lowest BCUT2D eigenvalue weighted by Gasteiger charge is -2.24. The van der Waals surface area contributed by atoms with E-state index in [1.165, 1.54) is 0 Å². The van der Waals surface area contributed by atoms with Gasteiger partial charge in [0.05, 0.1) is 0 Å². The molecule has 0 fully saturated rings. The van der Waals surface area contributed by atoms with E-state index in [-0.39, 0.29) is 19.0 Å². The first-order valence-corrected chi connectivity index (χ1v) is 9.15. The molecule has 0 saturated heterocycles. The number of para-hydroxylation sites is 2. The maximum absolute atomic E-state index is 12.6. The van der Waals surface area contributed by atoms with E-state index < -0.39 is 12.1 Å². The smallest absolute Gasteiger partial charge is 0.351 e. The number of carbonyl (C=O) groups is 2. The molecule has 0 spiro atoms. The molecule has 0 radical (unpaired) electrons. The Hall–Kier alpha value is -3.55. The van der Waals surface area contributed by atoms with Crippen LogP contribution in [-0.2, 0) is 9.53 Å². The van der Waals surface area contributed by atoms with E-state index in [4.69, 9.17) is 18.7 Å². The molecule has 3 aromatic rings. The minimum atomic E-state index is -0.914. The third kappa shape index (κ3) is 3.61. The summed E-state index contributed by atoms with van der Waals surface area (Å²) < 4.78 is 23.2. The number of rotatable bonds is 5. The highest BCUT2D eigenvalue weighted by Gasteiger charge is 2.29. The van der Waals surface area contributed by atoms with Gasteiger partial charge in [-0.3, -0.25) is 9.36 Å². The van der Waals surface area contributed by atoms with Gasteiger partial charge in [0.2, 0.25) is 11.9 Å². The highest BCUT2D eigenvalue weighted by Crippen LogP contribution is 2.31. The lowest BCUT2D eigenvalue weighted by Crippen LogP contribution is -2.38. The number of nitrogens with zero attached hydrogens (tertiary/aromatic N) is 2. The Morgan fingerprint density at radius 3 is 2.66 bits per heavy atom. The zero-order valence-electron chi connectivity index (χ0n) is 16.3. The third-order valence-electron chi connectivity index (χ3n) is 4.69. The Kier molecular flexibility index (Phi) is 4.84. The van der Waals surface area contributed by atoms with Gasteiger partial charge in [-0.05, 0) is 39.0 Å². The van der Waals surface area contributed by atoms with Crippen LogP contribution >= 0.6 is 0 Å². The molecule has 1 aromatic carbocycles. The maximum atomic E-state index is 12.6. The second-order valence-electron chi connectivity index (χ2n) is 6.81. The summed E-state index contributed by atoms with van der Waals surface area (Å²) in [5.41, 5.74) is 1.98. The second-order valence-corrected chi connectivity index (χ2v) is 6.81. The predicted molar refractivity (Wildman–Crippen MR) is 102 cm³/mol. The van der Waals surface area contributed by atoms with Crippen LogP contribution < -0.4 is 9.47 Å². The minimum absolute atomic E-state index is 0.0318. The van der Waals surface area contributed by atoms with Crippen molar-refractivity contribution < 1.29 is 28.3 Å². The van der Waals surface area contributed by atoms with Gasteiger partial charge in [0.25, 0.3) is 0 Å². The fraction of sp³-hybridized carbons (Fsp3) is 0.286. The van der Waals surface area contributed by atoms with Gasteiger partial charge in [-0.1, -0.05) is 17.3 Å². The highest BCUT2D eigenvalue weighted by atomic mass is 16.6. The molecule has 0 saturated carbocycles. The standard InChI is InChI=1S/C21H20N2O6/c1-12-8-15(14(3)23(12)20-9-13(2)29-22-20)16(24)10-27-21(25)19-11-26-17-6-4-5-7-18(17)28-19/h4-9,19H,10-11H2,1-3H3. The fourth-order valence-electron chi connectivity index (χ4n) is 3.30. The van der Waals surface area contributed by atoms with Crippen LogP contribution in [0.25, 0.3) is 5.82 Å². The number of benzene rings is 1. The SMILES string of the molecule is Cc1cc(-n2c(C)cc(C(=O)COC(=O)C3COc4ccccc4O3)c2C)no1. The molecule has 0 N–H and O–H groups in total. The minimum Gasteiger partial charge on any atom is -0.485 e. The van der Waals surface area contributed by atoms with Crippen molar-refractivity contribution in [2.75, 3.05) is 13.2 Å². The second kappa shape index (κ2) is 7.46. The first kappa shape index (κ1) is 18.8. The van der Waals surface area contributed by atoms with Crippen molar-refractivity contribution in [1.29, 1.82) is 0 Å². The van der Waals surface area contributed by atoms with E-state index in [9.17, 15) is 9.59 Å². The Morgan fingerprint density at radius 1 is 1.17 bits per heavy atom. The van der Waals surface area contributed by atoms with Crippen LogP contribution in [0, 0.1) is 20.8 Å². The average molecular weight is 396 g/mol. The normalized spacial score (nSPS) is 15.2. The highest BCUT2D eigenvalue weighted by molar-refractivity contribution is 5.99. The van der Waals surface area contributed by atoms with E-state index in [1.54, 1.807) is 44.2 Å². The number of hydrogen-bond acceptors (Lipinski definition) is 7. The zero-order valence-corrected chi connectivity index (χ0v) is 16.3. The van der Waals surface area contributed by atoms with E-state index in [1.807, 2.05) is 17.6 Å². The lowest BCUT2D eigenvalue weighted by molar-refractivity contribution is -0.153. The summed E-state index contributed by atoms with van der Waals surface area (Å²) >= 11 is 0. The molecular weight excluding hydrogens is 376 g/mol. The molecule has 0 bridgehead atoms. The molecule has 1 aliphatic rings. The lowest BCUT2D eigenvalue weighted by atomic mass is 10.1. The summed E-state index contributed by atoms with van der Waals surface area (Å²) in [6.45, 7) is 5.11. The Bertz CT molecular complexity index is 1080. The van der Waals surface area contributed by atoms with Crippen LogP contribution in [0.2, 0.25) is 0 Å². The molecule has 29 heavy (non-hydrogen) atoms. The van der Waals surface area contributed by atoms with Gasteiger partial charge in [0.15, 0.2) is 23.9 Å². The number of aromatic nitrogens is 2. The fourth-order valence-corrected chi connectivity index (χ4v) is 3.30. The number of esters is 1. The Labute approximate surface area is 167 Å². The van der Waals surface area contributed by atoms with Crippen LogP contribution in [0.4, 0.5) is 0 Å². The summed E-state index contributed by atoms with van der Waals surface area (Å²) in [5.74, 6) is 1.36. The van der Waals surface area contributed by atoms with Gasteiger partial charge >= 0.3 is 5.97 Å². The van der Waals surface area contributed by atoms with Crippen LogP contribution in [-0.4, -0.2) is 40.8 Å². The molecule has 8 nitrogen and oxygen atoms in total. The Balaban J connectivity index is 1.42. The van der Waals surface area contributed by atoms with E-state index in [0.29, 0.717) is 34.3 Å². The van der Waals surface area contributed by atoms with Crippen LogP contribution in [0.1, 0.15) is 27.5 Å². The van der Waals surface area contributed by atoms with Crippen molar-refractivity contribution in [2.24, 2.45) is 0 Å². The monoisotopic (exact) mass is 396 g/mol. The first-order valence-electron chi connectivity index (χ1n) is 9.15. The number of ether oxygens (including phenoxy) is 3. The number of aryl methyl sites for hydroxylation is 2. The van der Waals surface area contributed by atoms with E-state index in [0.717, 1.165) is 5.69 Å². The van der Waals surface area contributed by atoms with Crippen molar-refractivity contribution in [2.45, 2.75) is 26.9 Å². The summed E-state index contributed by atoms with van der Waals surface area (Å²) in [6.07, 6.45) is -0.914. The zero-order chi connectivity index (χ0) is 20.5. The summed E-state index contributed by atoms with van der Waals surface area (Å²) in [7, 11) is 0. The van der Waals surface area contributed by atoms with Gasteiger partial charge in [0.1, 0.15) is 12.4 Å². The number of hydrogen-bond donors (Lipinski definition) is 0. The molecule has 1 unspecified atom stereocenters. The quantitative estimate of drug-likeness (QED) is 0.483. The molecule has 0 aliphatic carbocycles. The van der Waals surface area contributed by atoms with Gasteiger partial charge in [-0.15, -0.1) is 0 Å². The number of carbonyl (C=O) groups excluding carboxylic acids is 2. The molecular formula is C21H20N2O6. The van der Waals surface area contributed by atoms with E-state index in [2.05, 4.69) is 5.16 Å². The number of Topliss-reactive ketones (excluding diaryl/α,β-unsaturated/α-hetero) is 1. The van der Waals surface area contributed by atoms with Crippen molar-refractivity contribution in [3.05, 3.63) is 59.1 Å². The number of ketones is 1. The third-order valence-corrected chi connectivity index (χ3v) is 4.69. The average Bonchev–Trinajstić information content (AvgIpc) is 3.27. The predicted octanol–water partition coefficient (Wildman–Crippen LogP) is 2.96. The van der Waals surface area contributed by atoms with Crippen molar-refractivity contribution in [3.8, 4) is 17.3 Å². The van der Waals surface area contributed by atoms with Crippen LogP contribution in [0.15, 0.2) is 40.9 Å². The van der Waals surface area contributed by atoms with Gasteiger partial charge in [-0.2, -0.15) is 0 Å². The Morgan fingerprint density at radius 2 is 1.93 bits per heavy atom. The molecule has 150 valence electrons. The van der Waals surface area contributed by atoms with E-state index >= 15 is 0 Å². The van der Waals surface area contributed by atoms with Crippen molar-refractivity contribution >= 4 is 11.8 Å². The van der Waals surface area contributed by atoms with Gasteiger partial charge in [0, 0.05) is 23.0 Å². The van der Waals surface area contributed by atoms with Gasteiger partial charge < -0.3 is 18.7 Å². The van der Waals surface area contributed by atoms with Crippen LogP contribution in [0.3, 0.4) is 0 Å². The van der Waals surface area contributed by atoms with Crippen molar-refractivity contribution in [1.82, 2.24) is 9.72 Å². The molecule has 0 amide bonds. The van der Waals surface area contributed by atoms with Crippen LogP contribution in [0.5, 0.6) is 11.5 Å². The van der Waals surface area contributed by atoms with Crippen molar-refractivity contribution in [3.63, 3.8) is 0 Å². The molecule has 4 rings (SSSR count). The molecule has 1 atom stereocenters. The largest absolute Gasteiger partial charge is 0.485 e. The summed E-state index contributed by atoms with van der Waals surface area (Å²) in [6, 6.07) is 10.6. The molecule has 8 heteroatoms. The molecule has 3 heterocycles. The molecule has 2 aromatic heterocycles. The maximum Gasteiger partial charge on any atom is 0.351 e. The molecule has 1 aliphatic heterocycles. The topological polar surface area (TPSA) is 92.8 Å². The summed E-state index contributed by atoms with van der Waals surface area (Å²) in [5, 5.41) is 4.00. The summed E-state index contributed by atoms with van der Waals surface area (Å²) in [4.78, 5) is 25.0.